The monoisotopic (exact) mass is 296 g/mol. The fraction of sp³-hybridized carbons (Fsp3) is 0.786. The number of hydrogen-bond donors (Lipinski definition) is 3. The van der Waals surface area contributed by atoms with E-state index in [9.17, 15) is 14.4 Å². The molecule has 7 heteroatoms. The van der Waals surface area contributed by atoms with Gasteiger partial charge in [0.1, 0.15) is 12.1 Å². The molecule has 0 bridgehead atoms. The van der Waals surface area contributed by atoms with Gasteiger partial charge in [-0.2, -0.15) is 0 Å². The van der Waals surface area contributed by atoms with Crippen LogP contribution in [0.3, 0.4) is 0 Å². The maximum atomic E-state index is 12.5. The molecule has 1 saturated carbocycles. The fourth-order valence-electron chi connectivity index (χ4n) is 2.93. The Labute approximate surface area is 124 Å². The van der Waals surface area contributed by atoms with Crippen LogP contribution < -0.4 is 16.4 Å². The zero-order valence-electron chi connectivity index (χ0n) is 12.7. The number of nitrogens with zero attached hydrogens (tertiary/aromatic N) is 1. The predicted molar refractivity (Wildman–Crippen MR) is 77.3 cm³/mol. The lowest BCUT2D eigenvalue weighted by atomic mass is 9.82. The van der Waals surface area contributed by atoms with Crippen molar-refractivity contribution in [2.45, 2.75) is 57.0 Å². The predicted octanol–water partition coefficient (Wildman–Crippen LogP) is 0.0946. The minimum absolute atomic E-state index is 0.254. The normalized spacial score (nSPS) is 21.6. The molecule has 0 atom stereocenters. The van der Waals surface area contributed by atoms with Gasteiger partial charge in [0.05, 0.1) is 0 Å². The quantitative estimate of drug-likeness (QED) is 0.640. The molecule has 0 aromatic carbocycles. The van der Waals surface area contributed by atoms with Gasteiger partial charge in [0.15, 0.2) is 0 Å². The molecule has 1 spiro atoms. The van der Waals surface area contributed by atoms with Gasteiger partial charge in [-0.1, -0.05) is 19.3 Å². The summed E-state index contributed by atoms with van der Waals surface area (Å²) in [6, 6.07) is -0.470. The lowest BCUT2D eigenvalue weighted by Gasteiger charge is -2.30. The van der Waals surface area contributed by atoms with Gasteiger partial charge in [-0.25, -0.2) is 4.79 Å². The number of carbonyl (C=O) groups excluding carboxylic acids is 3. The topological polar surface area (TPSA) is 105 Å². The smallest absolute Gasteiger partial charge is 0.325 e. The van der Waals surface area contributed by atoms with E-state index in [0.717, 1.165) is 24.2 Å². The van der Waals surface area contributed by atoms with E-state index >= 15 is 0 Å². The largest absolute Gasteiger partial charge is 0.348 e. The summed E-state index contributed by atoms with van der Waals surface area (Å²) in [6.07, 6.45) is 4.24. The summed E-state index contributed by atoms with van der Waals surface area (Å²) < 4.78 is 0. The number of rotatable bonds is 4. The van der Waals surface area contributed by atoms with Crippen molar-refractivity contribution in [2.75, 3.05) is 13.1 Å². The molecule has 7 nitrogen and oxygen atoms in total. The Balaban J connectivity index is 2.02. The molecule has 118 valence electrons. The second-order valence-corrected chi connectivity index (χ2v) is 6.60. The third-order valence-electron chi connectivity index (χ3n) is 4.24. The van der Waals surface area contributed by atoms with Gasteiger partial charge in [0.2, 0.25) is 5.91 Å². The average molecular weight is 296 g/mol. The average Bonchev–Trinajstić information content (AvgIpc) is 2.64. The van der Waals surface area contributed by atoms with Crippen LogP contribution in [0.15, 0.2) is 0 Å². The number of urea groups is 1. The number of hydrogen-bond acceptors (Lipinski definition) is 4. The maximum Gasteiger partial charge on any atom is 0.325 e. The summed E-state index contributed by atoms with van der Waals surface area (Å²) in [5.74, 6) is -0.644. The SMILES string of the molecule is CC(C)(CN)NC(=O)CN1C(=O)NC2(CCCCC2)C1=O. The Kier molecular flexibility index (Phi) is 4.22. The summed E-state index contributed by atoms with van der Waals surface area (Å²) in [5.41, 5.74) is 4.22. The lowest BCUT2D eigenvalue weighted by Crippen LogP contribution is -2.53. The Morgan fingerprint density at radius 2 is 1.95 bits per heavy atom. The van der Waals surface area contributed by atoms with Crippen LogP contribution in [0.25, 0.3) is 0 Å². The van der Waals surface area contributed by atoms with Crippen molar-refractivity contribution in [1.82, 2.24) is 15.5 Å². The lowest BCUT2D eigenvalue weighted by molar-refractivity contribution is -0.136. The molecule has 1 saturated heterocycles. The third-order valence-corrected chi connectivity index (χ3v) is 4.24. The Morgan fingerprint density at radius 1 is 1.33 bits per heavy atom. The third kappa shape index (κ3) is 3.18. The summed E-state index contributed by atoms with van der Waals surface area (Å²) in [7, 11) is 0. The highest BCUT2D eigenvalue weighted by Crippen LogP contribution is 2.33. The second-order valence-electron chi connectivity index (χ2n) is 6.60. The van der Waals surface area contributed by atoms with E-state index in [0.29, 0.717) is 12.8 Å². The molecule has 4 N–H and O–H groups in total. The van der Waals surface area contributed by atoms with Crippen LogP contribution in [0, 0.1) is 0 Å². The number of nitrogens with one attached hydrogen (secondary N) is 2. The second kappa shape index (κ2) is 5.63. The first-order chi connectivity index (χ1) is 9.80. The number of nitrogens with two attached hydrogens (primary N) is 1. The summed E-state index contributed by atoms with van der Waals surface area (Å²) in [5, 5.41) is 5.51. The van der Waals surface area contributed by atoms with Crippen molar-refractivity contribution in [1.29, 1.82) is 0 Å². The van der Waals surface area contributed by atoms with Crippen LogP contribution in [0.2, 0.25) is 0 Å². The molecule has 4 amide bonds. The molecular weight excluding hydrogens is 272 g/mol. The maximum absolute atomic E-state index is 12.5. The molecule has 21 heavy (non-hydrogen) atoms. The molecule has 1 aliphatic heterocycles. The molecule has 2 fully saturated rings. The minimum Gasteiger partial charge on any atom is -0.348 e. The Morgan fingerprint density at radius 3 is 2.52 bits per heavy atom. The van der Waals surface area contributed by atoms with Crippen molar-refractivity contribution in [3.8, 4) is 0 Å². The van der Waals surface area contributed by atoms with E-state index in [2.05, 4.69) is 10.6 Å². The van der Waals surface area contributed by atoms with E-state index < -0.39 is 17.1 Å². The summed E-state index contributed by atoms with van der Waals surface area (Å²) in [4.78, 5) is 37.5. The van der Waals surface area contributed by atoms with Crippen LogP contribution in [-0.4, -0.2) is 46.9 Å². The number of carbonyl (C=O) groups is 3. The van der Waals surface area contributed by atoms with Crippen molar-refractivity contribution in [3.05, 3.63) is 0 Å². The number of imide groups is 1. The Hall–Kier alpha value is -1.63. The molecule has 0 aromatic heterocycles. The van der Waals surface area contributed by atoms with Gasteiger partial charge in [-0.05, 0) is 26.7 Å². The van der Waals surface area contributed by atoms with Gasteiger partial charge in [-0.15, -0.1) is 0 Å². The van der Waals surface area contributed by atoms with E-state index in [1.807, 2.05) is 0 Å². The minimum atomic E-state index is -0.779. The zero-order chi connectivity index (χ0) is 15.7. The van der Waals surface area contributed by atoms with Crippen molar-refractivity contribution in [2.24, 2.45) is 5.73 Å². The highest BCUT2D eigenvalue weighted by Gasteiger charge is 2.51. The molecular formula is C14H24N4O3. The van der Waals surface area contributed by atoms with Gasteiger partial charge >= 0.3 is 6.03 Å². The van der Waals surface area contributed by atoms with Crippen LogP contribution in [0.1, 0.15) is 46.0 Å². The highest BCUT2D eigenvalue weighted by molar-refractivity contribution is 6.09. The van der Waals surface area contributed by atoms with Gasteiger partial charge in [-0.3, -0.25) is 14.5 Å². The zero-order valence-corrected chi connectivity index (χ0v) is 12.7. The van der Waals surface area contributed by atoms with E-state index in [-0.39, 0.29) is 24.9 Å². The van der Waals surface area contributed by atoms with Gasteiger partial charge < -0.3 is 16.4 Å². The van der Waals surface area contributed by atoms with Crippen molar-refractivity contribution >= 4 is 17.8 Å². The standard InChI is InChI=1S/C14H24N4O3/c1-13(2,9-15)16-10(19)8-18-11(20)14(17-12(18)21)6-4-3-5-7-14/h3-9,15H2,1-2H3,(H,16,19)(H,17,21). The van der Waals surface area contributed by atoms with Crippen molar-refractivity contribution in [3.63, 3.8) is 0 Å². The van der Waals surface area contributed by atoms with E-state index in [1.54, 1.807) is 13.8 Å². The van der Waals surface area contributed by atoms with Gasteiger partial charge in [0, 0.05) is 12.1 Å². The molecule has 0 aromatic rings. The van der Waals surface area contributed by atoms with Crippen LogP contribution >= 0.6 is 0 Å². The van der Waals surface area contributed by atoms with Crippen molar-refractivity contribution < 1.29 is 14.4 Å². The molecule has 0 radical (unpaired) electrons. The van der Waals surface area contributed by atoms with E-state index in [4.69, 9.17) is 5.73 Å². The summed E-state index contributed by atoms with van der Waals surface area (Å²) >= 11 is 0. The Bertz CT molecular complexity index is 455. The highest BCUT2D eigenvalue weighted by atomic mass is 16.2. The van der Waals surface area contributed by atoms with Gasteiger partial charge in [0.25, 0.3) is 5.91 Å². The first-order valence-electron chi connectivity index (χ1n) is 7.45. The van der Waals surface area contributed by atoms with Crippen LogP contribution in [0.5, 0.6) is 0 Å². The molecule has 0 unspecified atom stereocenters. The summed E-state index contributed by atoms with van der Waals surface area (Å²) in [6.45, 7) is 3.61. The fourth-order valence-corrected chi connectivity index (χ4v) is 2.93. The first-order valence-corrected chi connectivity index (χ1v) is 7.45. The molecule has 2 rings (SSSR count). The number of amides is 4. The van der Waals surface area contributed by atoms with Crippen LogP contribution in [-0.2, 0) is 9.59 Å². The molecule has 1 heterocycles. The molecule has 2 aliphatic rings. The van der Waals surface area contributed by atoms with Crippen LogP contribution in [0.4, 0.5) is 4.79 Å². The first kappa shape index (κ1) is 15.8. The van der Waals surface area contributed by atoms with E-state index in [1.165, 1.54) is 0 Å². The molecule has 1 aliphatic carbocycles.